The molecule has 0 saturated heterocycles. The summed E-state index contributed by atoms with van der Waals surface area (Å²) in [5.41, 5.74) is 12.4. The maximum Gasteiger partial charge on any atom is 0.251 e. The zero-order valence-electron chi connectivity index (χ0n) is 18.4. The fourth-order valence-electron chi connectivity index (χ4n) is 3.73. The maximum atomic E-state index is 12.6. The Morgan fingerprint density at radius 1 is 0.758 bits per heavy atom. The van der Waals surface area contributed by atoms with Gasteiger partial charge in [0, 0.05) is 36.8 Å². The molecule has 0 aliphatic heterocycles. The molecule has 0 saturated carbocycles. The van der Waals surface area contributed by atoms with Crippen LogP contribution in [0.3, 0.4) is 0 Å². The molecule has 166 valence electrons. The predicted molar refractivity (Wildman–Crippen MR) is 131 cm³/mol. The van der Waals surface area contributed by atoms with Crippen molar-refractivity contribution in [3.8, 4) is 0 Å². The molecule has 0 bridgehead atoms. The fraction of sp³-hybridized carbons (Fsp3) is 0.143. The SMILES string of the molecule is NCc1ccc(CNC(=O)c2cccc(Cc3ccc(Cc4ccc[nH]c4=O)cc3)c2)cc1. The number of hydrogen-bond donors (Lipinski definition) is 3. The van der Waals surface area contributed by atoms with Gasteiger partial charge in [-0.1, -0.05) is 66.7 Å². The van der Waals surface area contributed by atoms with Gasteiger partial charge in [0.15, 0.2) is 0 Å². The largest absolute Gasteiger partial charge is 0.348 e. The Labute approximate surface area is 193 Å². The molecule has 0 aliphatic carbocycles. The first-order chi connectivity index (χ1) is 16.1. The van der Waals surface area contributed by atoms with Gasteiger partial charge in [-0.2, -0.15) is 0 Å². The van der Waals surface area contributed by atoms with Crippen LogP contribution in [-0.2, 0) is 25.9 Å². The van der Waals surface area contributed by atoms with E-state index >= 15 is 0 Å². The summed E-state index contributed by atoms with van der Waals surface area (Å²) in [4.78, 5) is 27.2. The number of pyridine rings is 1. The van der Waals surface area contributed by atoms with Gasteiger partial charge >= 0.3 is 0 Å². The summed E-state index contributed by atoms with van der Waals surface area (Å²) in [7, 11) is 0. The minimum atomic E-state index is -0.0943. The Bertz CT molecular complexity index is 1280. The highest BCUT2D eigenvalue weighted by Crippen LogP contribution is 2.14. The van der Waals surface area contributed by atoms with Gasteiger partial charge in [0.2, 0.25) is 0 Å². The second kappa shape index (κ2) is 10.6. The van der Waals surface area contributed by atoms with Crippen LogP contribution in [0.1, 0.15) is 43.7 Å². The summed E-state index contributed by atoms with van der Waals surface area (Å²) >= 11 is 0. The summed E-state index contributed by atoms with van der Waals surface area (Å²) < 4.78 is 0. The molecule has 4 N–H and O–H groups in total. The lowest BCUT2D eigenvalue weighted by atomic mass is 9.99. The average Bonchev–Trinajstić information content (AvgIpc) is 2.85. The van der Waals surface area contributed by atoms with E-state index < -0.39 is 0 Å². The van der Waals surface area contributed by atoms with E-state index in [0.29, 0.717) is 25.1 Å². The minimum Gasteiger partial charge on any atom is -0.348 e. The zero-order valence-corrected chi connectivity index (χ0v) is 18.4. The van der Waals surface area contributed by atoms with Gasteiger partial charge in [-0.05, 0) is 52.4 Å². The van der Waals surface area contributed by atoms with E-state index in [0.717, 1.165) is 39.8 Å². The number of aromatic amines is 1. The third-order valence-electron chi connectivity index (χ3n) is 5.63. The first-order valence-electron chi connectivity index (χ1n) is 11.0. The summed E-state index contributed by atoms with van der Waals surface area (Å²) in [6.07, 6.45) is 2.97. The highest BCUT2D eigenvalue weighted by atomic mass is 16.1. The lowest BCUT2D eigenvalue weighted by molar-refractivity contribution is 0.0951. The highest BCUT2D eigenvalue weighted by molar-refractivity contribution is 5.94. The number of nitrogens with two attached hydrogens (primary N) is 1. The molecule has 5 heteroatoms. The van der Waals surface area contributed by atoms with Crippen molar-refractivity contribution in [2.24, 2.45) is 5.73 Å². The molecule has 0 atom stereocenters. The maximum absolute atomic E-state index is 12.6. The van der Waals surface area contributed by atoms with Crippen LogP contribution in [0.4, 0.5) is 0 Å². The van der Waals surface area contributed by atoms with Crippen LogP contribution >= 0.6 is 0 Å². The molecule has 4 aromatic rings. The van der Waals surface area contributed by atoms with E-state index in [2.05, 4.69) is 22.4 Å². The van der Waals surface area contributed by atoms with Gasteiger partial charge in [0.05, 0.1) is 0 Å². The van der Waals surface area contributed by atoms with E-state index in [1.807, 2.05) is 72.8 Å². The minimum absolute atomic E-state index is 0.0516. The number of aromatic nitrogens is 1. The Balaban J connectivity index is 1.36. The number of H-pyrrole nitrogens is 1. The van der Waals surface area contributed by atoms with E-state index in [1.165, 1.54) is 0 Å². The first kappa shape index (κ1) is 22.2. The van der Waals surface area contributed by atoms with E-state index in [-0.39, 0.29) is 11.5 Å². The van der Waals surface area contributed by atoms with Crippen LogP contribution in [-0.4, -0.2) is 10.9 Å². The first-order valence-corrected chi connectivity index (χ1v) is 11.0. The molecule has 0 fully saturated rings. The van der Waals surface area contributed by atoms with E-state index in [1.54, 1.807) is 6.20 Å². The van der Waals surface area contributed by atoms with Crippen LogP contribution in [0, 0.1) is 0 Å². The zero-order chi connectivity index (χ0) is 23.0. The molecule has 0 radical (unpaired) electrons. The summed E-state index contributed by atoms with van der Waals surface area (Å²) in [5.74, 6) is -0.0943. The van der Waals surface area contributed by atoms with Crippen molar-refractivity contribution in [1.29, 1.82) is 0 Å². The lowest BCUT2D eigenvalue weighted by Crippen LogP contribution is -2.22. The number of benzene rings is 3. The third-order valence-corrected chi connectivity index (χ3v) is 5.63. The van der Waals surface area contributed by atoms with Crippen molar-refractivity contribution >= 4 is 5.91 Å². The van der Waals surface area contributed by atoms with Gasteiger partial charge in [-0.15, -0.1) is 0 Å². The van der Waals surface area contributed by atoms with Crippen LogP contribution in [0.15, 0.2) is 95.9 Å². The second-order valence-electron chi connectivity index (χ2n) is 8.10. The molecule has 0 spiro atoms. The molecular formula is C28H27N3O2. The molecule has 0 unspecified atom stereocenters. The normalized spacial score (nSPS) is 10.7. The summed E-state index contributed by atoms with van der Waals surface area (Å²) in [6.45, 7) is 0.981. The smallest absolute Gasteiger partial charge is 0.251 e. The van der Waals surface area contributed by atoms with Crippen LogP contribution in [0.2, 0.25) is 0 Å². The summed E-state index contributed by atoms with van der Waals surface area (Å²) in [6, 6.07) is 27.6. The van der Waals surface area contributed by atoms with E-state index in [4.69, 9.17) is 5.73 Å². The molecule has 5 nitrogen and oxygen atoms in total. The van der Waals surface area contributed by atoms with Crippen LogP contribution < -0.4 is 16.6 Å². The van der Waals surface area contributed by atoms with Crippen molar-refractivity contribution in [3.05, 3.63) is 140 Å². The Kier molecular flexibility index (Phi) is 7.12. The number of hydrogen-bond acceptors (Lipinski definition) is 3. The van der Waals surface area contributed by atoms with Crippen LogP contribution in [0.5, 0.6) is 0 Å². The Morgan fingerprint density at radius 3 is 2.12 bits per heavy atom. The Morgan fingerprint density at radius 2 is 1.42 bits per heavy atom. The average molecular weight is 438 g/mol. The standard InChI is InChI=1S/C28H27N3O2/c29-18-22-10-12-23(13-11-22)19-31-28(33)25-4-1-3-24(17-25)15-20-6-8-21(9-7-20)16-26-5-2-14-30-27(26)32/h1-14,17H,15-16,18-19,29H2,(H,30,32)(H,31,33). The molecule has 3 aromatic carbocycles. The van der Waals surface area contributed by atoms with Crippen molar-refractivity contribution < 1.29 is 4.79 Å². The van der Waals surface area contributed by atoms with Crippen LogP contribution in [0.25, 0.3) is 0 Å². The third kappa shape index (κ3) is 6.05. The molecular weight excluding hydrogens is 410 g/mol. The number of carbonyl (C=O) groups excluding carboxylic acids is 1. The van der Waals surface area contributed by atoms with Crippen molar-refractivity contribution in [3.63, 3.8) is 0 Å². The lowest BCUT2D eigenvalue weighted by Gasteiger charge is -2.09. The molecule has 4 rings (SSSR count). The molecule has 1 aromatic heterocycles. The number of amides is 1. The summed E-state index contributed by atoms with van der Waals surface area (Å²) in [5, 5.41) is 2.98. The molecule has 1 heterocycles. The monoisotopic (exact) mass is 437 g/mol. The fourth-order valence-corrected chi connectivity index (χ4v) is 3.73. The molecule has 33 heavy (non-hydrogen) atoms. The van der Waals surface area contributed by atoms with E-state index in [9.17, 15) is 9.59 Å². The topological polar surface area (TPSA) is 88.0 Å². The van der Waals surface area contributed by atoms with Crippen molar-refractivity contribution in [1.82, 2.24) is 10.3 Å². The highest BCUT2D eigenvalue weighted by Gasteiger charge is 2.07. The van der Waals surface area contributed by atoms with Gasteiger partial charge in [-0.25, -0.2) is 0 Å². The number of nitrogens with one attached hydrogen (secondary N) is 2. The quantitative estimate of drug-likeness (QED) is 0.390. The number of rotatable bonds is 8. The number of carbonyl (C=O) groups is 1. The van der Waals surface area contributed by atoms with Gasteiger partial charge in [-0.3, -0.25) is 9.59 Å². The Hall–Kier alpha value is -3.96. The molecule has 1 amide bonds. The van der Waals surface area contributed by atoms with Crippen molar-refractivity contribution in [2.75, 3.05) is 0 Å². The second-order valence-corrected chi connectivity index (χ2v) is 8.10. The van der Waals surface area contributed by atoms with Gasteiger partial charge in [0.1, 0.15) is 0 Å². The van der Waals surface area contributed by atoms with Crippen molar-refractivity contribution in [2.45, 2.75) is 25.9 Å². The van der Waals surface area contributed by atoms with Gasteiger partial charge < -0.3 is 16.0 Å². The van der Waals surface area contributed by atoms with Gasteiger partial charge in [0.25, 0.3) is 11.5 Å². The predicted octanol–water partition coefficient (Wildman–Crippen LogP) is 3.95. The molecule has 0 aliphatic rings.